The quantitative estimate of drug-likeness (QED) is 0.762. The number of nitrogens with zero attached hydrogens (tertiary/aromatic N) is 2. The highest BCUT2D eigenvalue weighted by Gasteiger charge is 2.72. The first kappa shape index (κ1) is 15.0. The Morgan fingerprint density at radius 1 is 1.06 bits per heavy atom. The molecule has 0 atom stereocenters. The van der Waals surface area contributed by atoms with Crippen LogP contribution in [0.5, 0.6) is 0 Å². The van der Waals surface area contributed by atoms with Gasteiger partial charge in [-0.2, -0.15) is 40.2 Å². The molecule has 0 bridgehead atoms. The Hall–Kier alpha value is -1.06. The molecule has 11 heteroatoms. The maximum atomic E-state index is 12.8. The van der Waals surface area contributed by atoms with Crippen molar-refractivity contribution in [2.75, 3.05) is 0 Å². The lowest BCUT2D eigenvalue weighted by molar-refractivity contribution is -0.301. The smallest absolute Gasteiger partial charge is 0.246 e. The summed E-state index contributed by atoms with van der Waals surface area (Å²) in [5.74, 6) is -6.11. The minimum atomic E-state index is -6.41. The molecular formula is C7H2ClF8N2. The van der Waals surface area contributed by atoms with Crippen LogP contribution < -0.4 is 0 Å². The Morgan fingerprint density at radius 2 is 1.56 bits per heavy atom. The van der Waals surface area contributed by atoms with Crippen molar-refractivity contribution in [1.29, 1.82) is 0 Å². The van der Waals surface area contributed by atoms with Crippen LogP contribution in [-0.2, 0) is 0 Å². The van der Waals surface area contributed by atoms with Crippen molar-refractivity contribution >= 4 is 11.6 Å². The third-order valence-corrected chi connectivity index (χ3v) is 1.90. The van der Waals surface area contributed by atoms with Gasteiger partial charge in [-0.25, -0.2) is 4.68 Å². The van der Waals surface area contributed by atoms with E-state index >= 15 is 0 Å². The summed E-state index contributed by atoms with van der Waals surface area (Å²) in [6, 6.07) is -3.17. The van der Waals surface area contributed by atoms with Crippen LogP contribution in [0.25, 0.3) is 0 Å². The van der Waals surface area contributed by atoms with E-state index in [1.165, 1.54) is 0 Å². The summed E-state index contributed by atoms with van der Waals surface area (Å²) >= 11 is 5.13. The summed E-state index contributed by atoms with van der Waals surface area (Å²) in [6.45, 7) is 0. The normalized spacial score (nSPS) is 14.3. The fraction of sp³-hybridized carbons (Fsp3) is 0.429. The molecule has 2 nitrogen and oxygen atoms in total. The van der Waals surface area contributed by atoms with Gasteiger partial charge in [-0.05, 0) is 0 Å². The average molecular weight is 302 g/mol. The Kier molecular flexibility index (Phi) is 3.54. The van der Waals surface area contributed by atoms with E-state index in [9.17, 15) is 35.1 Å². The summed E-state index contributed by atoms with van der Waals surface area (Å²) in [5.41, 5.74) is 0. The number of halogens is 9. The average Bonchev–Trinajstić information content (AvgIpc) is 2.46. The molecule has 0 amide bonds. The molecule has 1 rings (SSSR count). The first-order valence-electron chi connectivity index (χ1n) is 3.97. The maximum absolute atomic E-state index is 12.8. The molecule has 18 heavy (non-hydrogen) atoms. The predicted molar refractivity (Wildman–Crippen MR) is 42.9 cm³/mol. The summed E-state index contributed by atoms with van der Waals surface area (Å²) in [5, 5.41) is 2.19. The highest BCUT2D eigenvalue weighted by Crippen LogP contribution is 2.49. The SMILES string of the molecule is FC(F)(F)[C](n1cc(Cl)cn1)C(F)(F)C(F)(F)F. The van der Waals surface area contributed by atoms with Crippen LogP contribution in [0.15, 0.2) is 12.4 Å². The van der Waals surface area contributed by atoms with Crippen LogP contribution in [0.1, 0.15) is 0 Å². The molecule has 0 aliphatic carbocycles. The van der Waals surface area contributed by atoms with Gasteiger partial charge in [0.15, 0.2) is 0 Å². The van der Waals surface area contributed by atoms with Crippen LogP contribution in [0, 0.1) is 6.04 Å². The van der Waals surface area contributed by atoms with E-state index in [2.05, 4.69) is 5.10 Å². The van der Waals surface area contributed by atoms with E-state index in [1.54, 1.807) is 0 Å². The minimum Gasteiger partial charge on any atom is -0.246 e. The summed E-state index contributed by atoms with van der Waals surface area (Å²) in [6.07, 6.45) is -11.6. The van der Waals surface area contributed by atoms with Crippen LogP contribution in [-0.4, -0.2) is 28.1 Å². The first-order valence-corrected chi connectivity index (χ1v) is 4.35. The second kappa shape index (κ2) is 4.25. The largest absolute Gasteiger partial charge is 0.456 e. The monoisotopic (exact) mass is 301 g/mol. The summed E-state index contributed by atoms with van der Waals surface area (Å²) in [7, 11) is 0. The van der Waals surface area contributed by atoms with E-state index in [0.29, 0.717) is 6.20 Å². The third-order valence-electron chi connectivity index (χ3n) is 1.70. The fourth-order valence-electron chi connectivity index (χ4n) is 1.01. The maximum Gasteiger partial charge on any atom is 0.456 e. The number of rotatable bonds is 2. The highest BCUT2D eigenvalue weighted by molar-refractivity contribution is 6.30. The Bertz CT molecular complexity index is 420. The van der Waals surface area contributed by atoms with Crippen LogP contribution in [0.2, 0.25) is 5.02 Å². The molecule has 0 aliphatic rings. The third kappa shape index (κ3) is 2.68. The number of hydrogen-bond acceptors (Lipinski definition) is 1. The molecule has 0 unspecified atom stereocenters. The molecule has 103 valence electrons. The lowest BCUT2D eigenvalue weighted by Crippen LogP contribution is -2.51. The lowest BCUT2D eigenvalue weighted by atomic mass is 10.1. The second-order valence-corrected chi connectivity index (χ2v) is 3.46. The van der Waals surface area contributed by atoms with Gasteiger partial charge in [0.1, 0.15) is 0 Å². The van der Waals surface area contributed by atoms with Gasteiger partial charge in [0.2, 0.25) is 0 Å². The van der Waals surface area contributed by atoms with E-state index in [1.807, 2.05) is 0 Å². The molecule has 1 radical (unpaired) electrons. The van der Waals surface area contributed by atoms with E-state index in [0.717, 1.165) is 0 Å². The minimum absolute atomic E-state index is 0.198. The number of aromatic nitrogens is 2. The molecule has 1 aromatic rings. The molecule has 0 fully saturated rings. The van der Waals surface area contributed by atoms with E-state index < -0.39 is 34.0 Å². The Labute approximate surface area is 99.1 Å². The molecule has 0 N–H and O–H groups in total. The molecule has 0 saturated heterocycles. The van der Waals surface area contributed by atoms with E-state index in [-0.39, 0.29) is 6.20 Å². The molecule has 0 saturated carbocycles. The van der Waals surface area contributed by atoms with Gasteiger partial charge in [-0.1, -0.05) is 11.6 Å². The van der Waals surface area contributed by atoms with E-state index in [4.69, 9.17) is 11.6 Å². The summed E-state index contributed by atoms with van der Waals surface area (Å²) < 4.78 is 97.8. The number of alkyl halides is 8. The molecule has 1 aromatic heterocycles. The molecule has 0 spiro atoms. The predicted octanol–water partition coefficient (Wildman–Crippen LogP) is 3.68. The topological polar surface area (TPSA) is 17.8 Å². The zero-order valence-electron chi connectivity index (χ0n) is 7.95. The van der Waals surface area contributed by atoms with Crippen molar-refractivity contribution in [3.63, 3.8) is 0 Å². The highest BCUT2D eigenvalue weighted by atomic mass is 35.5. The van der Waals surface area contributed by atoms with Crippen molar-refractivity contribution in [3.8, 4) is 0 Å². The molecular weight excluding hydrogens is 300 g/mol. The molecule has 0 aliphatic heterocycles. The van der Waals surface area contributed by atoms with Crippen LogP contribution >= 0.6 is 11.6 Å². The van der Waals surface area contributed by atoms with Gasteiger partial charge < -0.3 is 0 Å². The van der Waals surface area contributed by atoms with Gasteiger partial charge in [-0.3, -0.25) is 0 Å². The van der Waals surface area contributed by atoms with Crippen LogP contribution in [0.3, 0.4) is 0 Å². The zero-order valence-corrected chi connectivity index (χ0v) is 8.71. The van der Waals surface area contributed by atoms with Gasteiger partial charge in [0, 0.05) is 6.20 Å². The van der Waals surface area contributed by atoms with Crippen molar-refractivity contribution in [3.05, 3.63) is 23.5 Å². The lowest BCUT2D eigenvalue weighted by Gasteiger charge is -2.28. The Morgan fingerprint density at radius 3 is 1.83 bits per heavy atom. The van der Waals surface area contributed by atoms with Crippen molar-refractivity contribution in [2.24, 2.45) is 0 Å². The Balaban J connectivity index is 3.32. The van der Waals surface area contributed by atoms with Gasteiger partial charge in [0.25, 0.3) is 6.04 Å². The molecule has 1 heterocycles. The fourth-order valence-corrected chi connectivity index (χ4v) is 1.15. The van der Waals surface area contributed by atoms with Gasteiger partial charge >= 0.3 is 18.3 Å². The number of hydrogen-bond donors (Lipinski definition) is 0. The van der Waals surface area contributed by atoms with Gasteiger partial charge in [0.05, 0.1) is 11.2 Å². The van der Waals surface area contributed by atoms with Crippen molar-refractivity contribution in [2.45, 2.75) is 18.3 Å². The standard InChI is InChI=1S/C7H2ClF8N2/c8-3-1-17-18(2-3)4(6(11,12)13)5(9,10)7(14,15)16/h1-2H. The molecule has 0 aromatic carbocycles. The summed E-state index contributed by atoms with van der Waals surface area (Å²) in [4.78, 5) is 0. The second-order valence-electron chi connectivity index (χ2n) is 3.02. The van der Waals surface area contributed by atoms with Gasteiger partial charge in [-0.15, -0.1) is 0 Å². The zero-order chi connectivity index (χ0) is 14.4. The first-order chi connectivity index (χ1) is 7.87. The van der Waals surface area contributed by atoms with Crippen LogP contribution in [0.4, 0.5) is 35.1 Å². The van der Waals surface area contributed by atoms with Crippen molar-refractivity contribution < 1.29 is 35.1 Å². The van der Waals surface area contributed by atoms with Crippen molar-refractivity contribution in [1.82, 2.24) is 9.78 Å².